The molecule has 0 aliphatic carbocycles. The number of likely N-dealkylation sites (tertiary alicyclic amines) is 1. The molecule has 18 heavy (non-hydrogen) atoms. The lowest BCUT2D eigenvalue weighted by molar-refractivity contribution is -0.140. The van der Waals surface area contributed by atoms with Crippen molar-refractivity contribution in [1.82, 2.24) is 15.2 Å². The summed E-state index contributed by atoms with van der Waals surface area (Å²) in [6, 6.07) is 5.13. The van der Waals surface area contributed by atoms with Gasteiger partial charge in [-0.3, -0.25) is 24.8 Å². The first kappa shape index (κ1) is 12.7. The zero-order valence-corrected chi connectivity index (χ0v) is 10.6. The van der Waals surface area contributed by atoms with Crippen molar-refractivity contribution >= 4 is 11.8 Å². The zero-order chi connectivity index (χ0) is 13.1. The summed E-state index contributed by atoms with van der Waals surface area (Å²) in [7, 11) is 0. The van der Waals surface area contributed by atoms with Crippen molar-refractivity contribution in [2.24, 2.45) is 0 Å². The maximum absolute atomic E-state index is 12.0. The first-order valence-corrected chi connectivity index (χ1v) is 6.09. The van der Waals surface area contributed by atoms with E-state index in [1.807, 2.05) is 32.0 Å². The minimum absolute atomic E-state index is 0.0772. The fraction of sp³-hybridized carbons (Fsp3) is 0.462. The molecule has 5 heteroatoms. The van der Waals surface area contributed by atoms with E-state index in [-0.39, 0.29) is 24.3 Å². The number of aromatic nitrogens is 1. The van der Waals surface area contributed by atoms with Crippen LogP contribution in [0.1, 0.15) is 26.0 Å². The summed E-state index contributed by atoms with van der Waals surface area (Å²) in [4.78, 5) is 29.2. The van der Waals surface area contributed by atoms with E-state index in [1.54, 1.807) is 6.20 Å². The Kier molecular flexibility index (Phi) is 3.72. The number of nitrogens with one attached hydrogen (secondary N) is 1. The molecule has 2 amide bonds. The predicted molar refractivity (Wildman–Crippen MR) is 66.5 cm³/mol. The Morgan fingerprint density at radius 3 is 2.78 bits per heavy atom. The van der Waals surface area contributed by atoms with E-state index in [4.69, 9.17) is 0 Å². The van der Waals surface area contributed by atoms with Crippen molar-refractivity contribution in [3.63, 3.8) is 0 Å². The summed E-state index contributed by atoms with van der Waals surface area (Å²) in [5.74, 6) is -0.237. The lowest BCUT2D eigenvalue weighted by Gasteiger charge is -2.19. The maximum Gasteiger partial charge on any atom is 0.247 e. The number of hydrogen-bond acceptors (Lipinski definition) is 4. The number of hydrogen-bond donors (Lipinski definition) is 1. The summed E-state index contributed by atoms with van der Waals surface area (Å²) in [5.41, 5.74) is 0.862. The van der Waals surface area contributed by atoms with Crippen molar-refractivity contribution in [2.75, 3.05) is 0 Å². The van der Waals surface area contributed by atoms with Gasteiger partial charge in [0.15, 0.2) is 0 Å². The molecule has 2 rings (SSSR count). The molecule has 96 valence electrons. The highest BCUT2D eigenvalue weighted by Gasteiger charge is 2.39. The highest BCUT2D eigenvalue weighted by atomic mass is 16.2. The van der Waals surface area contributed by atoms with Crippen LogP contribution in [0.4, 0.5) is 0 Å². The standard InChI is InChI=1S/C13H17N3O2/c1-9(2)16-12(17)7-11(13(16)18)15-8-10-5-3-4-6-14-10/h3-6,9,11,15H,7-8H2,1-2H3. The van der Waals surface area contributed by atoms with Gasteiger partial charge in [0.1, 0.15) is 0 Å². The van der Waals surface area contributed by atoms with Gasteiger partial charge in [0.05, 0.1) is 18.2 Å². The van der Waals surface area contributed by atoms with Crippen molar-refractivity contribution in [1.29, 1.82) is 0 Å². The van der Waals surface area contributed by atoms with Crippen LogP contribution in [0.3, 0.4) is 0 Å². The van der Waals surface area contributed by atoms with Crippen LogP contribution in [0.25, 0.3) is 0 Å². The minimum Gasteiger partial charge on any atom is -0.300 e. The van der Waals surface area contributed by atoms with Gasteiger partial charge >= 0.3 is 0 Å². The van der Waals surface area contributed by atoms with Gasteiger partial charge in [0.25, 0.3) is 0 Å². The van der Waals surface area contributed by atoms with Crippen molar-refractivity contribution < 1.29 is 9.59 Å². The van der Waals surface area contributed by atoms with Crippen LogP contribution in [-0.2, 0) is 16.1 Å². The van der Waals surface area contributed by atoms with Crippen molar-refractivity contribution in [3.8, 4) is 0 Å². The monoisotopic (exact) mass is 247 g/mol. The van der Waals surface area contributed by atoms with Crippen LogP contribution in [0.5, 0.6) is 0 Å². The number of imide groups is 1. The topological polar surface area (TPSA) is 62.3 Å². The molecule has 1 aromatic rings. The average Bonchev–Trinajstić information content (AvgIpc) is 2.63. The first-order chi connectivity index (χ1) is 8.59. The molecule has 1 fully saturated rings. The molecule has 0 saturated carbocycles. The molecule has 1 aliphatic heterocycles. The number of pyridine rings is 1. The smallest absolute Gasteiger partial charge is 0.247 e. The molecule has 0 spiro atoms. The fourth-order valence-corrected chi connectivity index (χ4v) is 2.08. The second-order valence-corrected chi connectivity index (χ2v) is 4.65. The Morgan fingerprint density at radius 2 is 2.22 bits per heavy atom. The van der Waals surface area contributed by atoms with Crippen LogP contribution in [0, 0.1) is 0 Å². The van der Waals surface area contributed by atoms with Crippen LogP contribution in [0.15, 0.2) is 24.4 Å². The van der Waals surface area contributed by atoms with Gasteiger partial charge in [-0.05, 0) is 26.0 Å². The van der Waals surface area contributed by atoms with Gasteiger partial charge in [0, 0.05) is 18.8 Å². The molecular weight excluding hydrogens is 230 g/mol. The van der Waals surface area contributed by atoms with Gasteiger partial charge in [-0.25, -0.2) is 0 Å². The molecular formula is C13H17N3O2. The first-order valence-electron chi connectivity index (χ1n) is 6.09. The lowest BCUT2D eigenvalue weighted by Crippen LogP contribution is -2.41. The molecule has 1 saturated heterocycles. The summed E-state index contributed by atoms with van der Waals surface area (Å²) in [6.07, 6.45) is 1.95. The van der Waals surface area contributed by atoms with Crippen molar-refractivity contribution in [2.45, 2.75) is 38.9 Å². The van der Waals surface area contributed by atoms with Crippen LogP contribution in [0.2, 0.25) is 0 Å². The Balaban J connectivity index is 1.96. The van der Waals surface area contributed by atoms with E-state index >= 15 is 0 Å². The summed E-state index contributed by atoms with van der Waals surface area (Å²) in [5, 5.41) is 3.09. The highest BCUT2D eigenvalue weighted by molar-refractivity contribution is 6.05. The summed E-state index contributed by atoms with van der Waals surface area (Å²) in [6.45, 7) is 4.18. The van der Waals surface area contributed by atoms with Crippen LogP contribution < -0.4 is 5.32 Å². The second kappa shape index (κ2) is 5.27. The molecule has 0 bridgehead atoms. The van der Waals surface area contributed by atoms with Crippen LogP contribution in [-0.4, -0.2) is 33.8 Å². The molecule has 1 aliphatic rings. The highest BCUT2D eigenvalue weighted by Crippen LogP contribution is 2.16. The molecule has 0 radical (unpaired) electrons. The molecule has 1 atom stereocenters. The van der Waals surface area contributed by atoms with Crippen molar-refractivity contribution in [3.05, 3.63) is 30.1 Å². The number of carbonyl (C=O) groups is 2. The number of amides is 2. The van der Waals surface area contributed by atoms with Gasteiger partial charge in [-0.15, -0.1) is 0 Å². The van der Waals surface area contributed by atoms with Crippen LogP contribution >= 0.6 is 0 Å². The Hall–Kier alpha value is -1.75. The molecule has 1 unspecified atom stereocenters. The Morgan fingerprint density at radius 1 is 1.44 bits per heavy atom. The number of nitrogens with zero attached hydrogens (tertiary/aromatic N) is 2. The maximum atomic E-state index is 12.0. The van der Waals surface area contributed by atoms with E-state index in [2.05, 4.69) is 10.3 Å². The second-order valence-electron chi connectivity index (χ2n) is 4.65. The minimum atomic E-state index is -0.415. The third-order valence-electron chi connectivity index (χ3n) is 2.96. The molecule has 0 aromatic carbocycles. The quantitative estimate of drug-likeness (QED) is 0.796. The molecule has 1 N–H and O–H groups in total. The van der Waals surface area contributed by atoms with E-state index in [0.717, 1.165) is 5.69 Å². The Bertz CT molecular complexity index is 445. The predicted octanol–water partition coefficient (Wildman–Crippen LogP) is 0.707. The average molecular weight is 247 g/mol. The van der Waals surface area contributed by atoms with E-state index < -0.39 is 6.04 Å². The molecule has 5 nitrogen and oxygen atoms in total. The van der Waals surface area contributed by atoms with Gasteiger partial charge < -0.3 is 0 Å². The zero-order valence-electron chi connectivity index (χ0n) is 10.6. The number of rotatable bonds is 4. The third kappa shape index (κ3) is 2.56. The fourth-order valence-electron chi connectivity index (χ4n) is 2.08. The third-order valence-corrected chi connectivity index (χ3v) is 2.96. The largest absolute Gasteiger partial charge is 0.300 e. The van der Waals surface area contributed by atoms with Gasteiger partial charge in [-0.1, -0.05) is 6.07 Å². The van der Waals surface area contributed by atoms with E-state index in [9.17, 15) is 9.59 Å². The normalized spacial score (nSPS) is 19.9. The van der Waals surface area contributed by atoms with E-state index in [1.165, 1.54) is 4.90 Å². The molecule has 1 aromatic heterocycles. The van der Waals surface area contributed by atoms with Gasteiger partial charge in [0.2, 0.25) is 11.8 Å². The Labute approximate surface area is 106 Å². The summed E-state index contributed by atoms with van der Waals surface area (Å²) < 4.78 is 0. The lowest BCUT2D eigenvalue weighted by atomic mass is 10.2. The SMILES string of the molecule is CC(C)N1C(=O)CC(NCc2ccccn2)C1=O. The summed E-state index contributed by atoms with van der Waals surface area (Å²) >= 11 is 0. The van der Waals surface area contributed by atoms with E-state index in [0.29, 0.717) is 6.54 Å². The van der Waals surface area contributed by atoms with Gasteiger partial charge in [-0.2, -0.15) is 0 Å². The number of carbonyl (C=O) groups excluding carboxylic acids is 2. The molecule has 2 heterocycles.